The number of hydrogen-bond acceptors (Lipinski definition) is 6. The minimum atomic E-state index is -0.760. The van der Waals surface area contributed by atoms with Crippen molar-refractivity contribution in [2.75, 3.05) is 13.2 Å². The van der Waals surface area contributed by atoms with Gasteiger partial charge < -0.3 is 14.2 Å². The summed E-state index contributed by atoms with van der Waals surface area (Å²) in [5.74, 6) is -0.860. The van der Waals surface area contributed by atoms with Gasteiger partial charge in [-0.05, 0) is 44.9 Å². The minimum Gasteiger partial charge on any atom is -0.462 e. The van der Waals surface area contributed by atoms with E-state index in [0.29, 0.717) is 19.3 Å². The second-order valence-electron chi connectivity index (χ2n) is 18.5. The van der Waals surface area contributed by atoms with Gasteiger partial charge in [-0.25, -0.2) is 0 Å². The number of rotatable bonds is 50. The molecule has 0 fully saturated rings. The summed E-state index contributed by atoms with van der Waals surface area (Å²) >= 11 is 0. The van der Waals surface area contributed by atoms with Crippen LogP contribution in [0.3, 0.4) is 0 Å². The van der Waals surface area contributed by atoms with Gasteiger partial charge in [0, 0.05) is 19.3 Å². The molecule has 0 aromatic carbocycles. The Morgan fingerprint density at radius 1 is 0.311 bits per heavy atom. The van der Waals surface area contributed by atoms with Crippen LogP contribution in [0.1, 0.15) is 303 Å². The summed E-state index contributed by atoms with van der Waals surface area (Å²) in [6.45, 7) is 6.61. The van der Waals surface area contributed by atoms with Crippen molar-refractivity contribution in [1.29, 1.82) is 0 Å². The topological polar surface area (TPSA) is 78.9 Å². The Balaban J connectivity index is 4.02. The van der Waals surface area contributed by atoms with E-state index in [-0.39, 0.29) is 31.1 Å². The van der Waals surface area contributed by atoms with Gasteiger partial charge in [-0.2, -0.15) is 0 Å². The quantitative estimate of drug-likeness (QED) is 0.0262. The fraction of sp³-hybridized carbons (Fsp3) is 0.909. The molecule has 61 heavy (non-hydrogen) atoms. The van der Waals surface area contributed by atoms with E-state index in [1.165, 1.54) is 205 Å². The Bertz CT molecular complexity index is 947. The Morgan fingerprint density at radius 3 is 0.820 bits per heavy atom. The fourth-order valence-corrected chi connectivity index (χ4v) is 8.14. The monoisotopic (exact) mass is 861 g/mol. The number of hydrogen-bond donors (Lipinski definition) is 0. The maximum absolute atomic E-state index is 12.7. The Labute approximate surface area is 380 Å². The molecule has 0 saturated carbocycles. The molecule has 6 nitrogen and oxygen atoms in total. The van der Waals surface area contributed by atoms with Crippen molar-refractivity contribution in [3.63, 3.8) is 0 Å². The summed E-state index contributed by atoms with van der Waals surface area (Å²) in [5.41, 5.74) is 0. The summed E-state index contributed by atoms with van der Waals surface area (Å²) in [7, 11) is 0. The van der Waals surface area contributed by atoms with Crippen LogP contribution in [0, 0.1) is 0 Å². The van der Waals surface area contributed by atoms with E-state index >= 15 is 0 Å². The van der Waals surface area contributed by atoms with Gasteiger partial charge >= 0.3 is 17.9 Å². The third-order valence-electron chi connectivity index (χ3n) is 12.3. The molecule has 360 valence electrons. The number of allylic oxidation sites excluding steroid dienone is 2. The van der Waals surface area contributed by atoms with Crippen LogP contribution in [0.25, 0.3) is 0 Å². The third kappa shape index (κ3) is 49.0. The molecule has 0 saturated heterocycles. The summed E-state index contributed by atoms with van der Waals surface area (Å²) < 4.78 is 16.7. The van der Waals surface area contributed by atoms with Crippen LogP contribution in [0.5, 0.6) is 0 Å². The van der Waals surface area contributed by atoms with Gasteiger partial charge in [0.25, 0.3) is 0 Å². The third-order valence-corrected chi connectivity index (χ3v) is 12.3. The SMILES string of the molecule is CCCCCCCCCC/C=C\CCCCCCCCCCCCCCCC(=O)OCC(COC(=O)CCCCCCCC)OC(=O)CCCCCCCCCCCCCC. The molecular formula is C55H104O6. The molecule has 0 aromatic rings. The molecule has 0 radical (unpaired) electrons. The minimum absolute atomic E-state index is 0.0654. The first-order valence-corrected chi connectivity index (χ1v) is 27.2. The molecule has 0 aliphatic carbocycles. The zero-order valence-electron chi connectivity index (χ0n) is 41.2. The van der Waals surface area contributed by atoms with E-state index in [4.69, 9.17) is 14.2 Å². The number of carbonyl (C=O) groups excluding carboxylic acids is 3. The average Bonchev–Trinajstić information content (AvgIpc) is 3.26. The maximum atomic E-state index is 12.7. The Morgan fingerprint density at radius 2 is 0.541 bits per heavy atom. The lowest BCUT2D eigenvalue weighted by Crippen LogP contribution is -2.30. The standard InChI is InChI=1S/C55H104O6/c1-4-7-10-13-16-18-20-22-23-24-25-26-27-28-29-30-31-32-33-34-36-37-39-42-45-48-54(57)60-51-52(50-59-53(56)47-44-41-15-12-9-6-3)61-55(58)49-46-43-40-38-35-21-19-17-14-11-8-5-2/h24-25,52H,4-23,26-51H2,1-3H3/b25-24-. The molecule has 0 aliphatic rings. The van der Waals surface area contributed by atoms with E-state index in [1.807, 2.05) is 0 Å². The summed E-state index contributed by atoms with van der Waals surface area (Å²) in [4.78, 5) is 37.7. The smallest absolute Gasteiger partial charge is 0.306 e. The highest BCUT2D eigenvalue weighted by atomic mass is 16.6. The van der Waals surface area contributed by atoms with Crippen molar-refractivity contribution < 1.29 is 28.6 Å². The normalized spacial score (nSPS) is 12.0. The van der Waals surface area contributed by atoms with Gasteiger partial charge in [-0.3, -0.25) is 14.4 Å². The van der Waals surface area contributed by atoms with E-state index in [1.54, 1.807) is 0 Å². The number of ether oxygens (including phenoxy) is 3. The van der Waals surface area contributed by atoms with Crippen molar-refractivity contribution >= 4 is 17.9 Å². The maximum Gasteiger partial charge on any atom is 0.306 e. The summed E-state index contributed by atoms with van der Waals surface area (Å²) in [6.07, 6.45) is 56.7. The lowest BCUT2D eigenvalue weighted by atomic mass is 10.0. The number of carbonyl (C=O) groups is 3. The molecule has 0 heterocycles. The van der Waals surface area contributed by atoms with Crippen LogP contribution in [0.4, 0.5) is 0 Å². The summed E-state index contributed by atoms with van der Waals surface area (Å²) in [6, 6.07) is 0. The molecule has 1 unspecified atom stereocenters. The molecule has 0 aromatic heterocycles. The molecule has 0 aliphatic heterocycles. The van der Waals surface area contributed by atoms with E-state index < -0.39 is 6.10 Å². The molecular weight excluding hydrogens is 757 g/mol. The molecule has 0 rings (SSSR count). The highest BCUT2D eigenvalue weighted by Gasteiger charge is 2.19. The summed E-state index contributed by atoms with van der Waals surface area (Å²) in [5, 5.41) is 0. The first-order valence-electron chi connectivity index (χ1n) is 27.2. The van der Waals surface area contributed by atoms with Crippen LogP contribution >= 0.6 is 0 Å². The van der Waals surface area contributed by atoms with Gasteiger partial charge in [0.2, 0.25) is 0 Å². The second kappa shape index (κ2) is 50.8. The highest BCUT2D eigenvalue weighted by molar-refractivity contribution is 5.71. The predicted molar refractivity (Wildman–Crippen MR) is 261 cm³/mol. The van der Waals surface area contributed by atoms with Crippen LogP contribution in [0.15, 0.2) is 12.2 Å². The lowest BCUT2D eigenvalue weighted by Gasteiger charge is -2.18. The van der Waals surface area contributed by atoms with Gasteiger partial charge in [-0.15, -0.1) is 0 Å². The van der Waals surface area contributed by atoms with Crippen molar-refractivity contribution in [3.8, 4) is 0 Å². The van der Waals surface area contributed by atoms with Crippen LogP contribution in [-0.4, -0.2) is 37.2 Å². The zero-order chi connectivity index (χ0) is 44.4. The van der Waals surface area contributed by atoms with E-state index in [9.17, 15) is 14.4 Å². The van der Waals surface area contributed by atoms with Crippen molar-refractivity contribution in [2.45, 2.75) is 309 Å². The van der Waals surface area contributed by atoms with Gasteiger partial charge in [0.15, 0.2) is 6.10 Å². The van der Waals surface area contributed by atoms with Gasteiger partial charge in [0.05, 0.1) is 0 Å². The number of esters is 3. The Kier molecular flexibility index (Phi) is 49.3. The molecule has 1 atom stereocenters. The van der Waals surface area contributed by atoms with Crippen molar-refractivity contribution in [3.05, 3.63) is 12.2 Å². The van der Waals surface area contributed by atoms with Crippen molar-refractivity contribution in [1.82, 2.24) is 0 Å². The Hall–Kier alpha value is -1.85. The predicted octanol–water partition coefficient (Wildman–Crippen LogP) is 17.8. The van der Waals surface area contributed by atoms with Crippen molar-refractivity contribution in [2.24, 2.45) is 0 Å². The number of unbranched alkanes of at least 4 members (excludes halogenated alkanes) is 37. The van der Waals surface area contributed by atoms with Crippen LogP contribution in [-0.2, 0) is 28.6 Å². The average molecular weight is 861 g/mol. The van der Waals surface area contributed by atoms with Crippen LogP contribution in [0.2, 0.25) is 0 Å². The van der Waals surface area contributed by atoms with E-state index in [2.05, 4.69) is 32.9 Å². The first kappa shape index (κ1) is 59.1. The second-order valence-corrected chi connectivity index (χ2v) is 18.5. The highest BCUT2D eigenvalue weighted by Crippen LogP contribution is 2.16. The van der Waals surface area contributed by atoms with Gasteiger partial charge in [-0.1, -0.05) is 251 Å². The largest absolute Gasteiger partial charge is 0.462 e. The lowest BCUT2D eigenvalue weighted by molar-refractivity contribution is -0.167. The van der Waals surface area contributed by atoms with Crippen LogP contribution < -0.4 is 0 Å². The molecule has 0 N–H and O–H groups in total. The molecule has 0 amide bonds. The zero-order valence-corrected chi connectivity index (χ0v) is 41.2. The fourth-order valence-electron chi connectivity index (χ4n) is 8.14. The van der Waals surface area contributed by atoms with Gasteiger partial charge in [0.1, 0.15) is 13.2 Å². The first-order chi connectivity index (χ1) is 30.0. The molecule has 0 bridgehead atoms. The molecule has 6 heteroatoms. The molecule has 0 spiro atoms. The van der Waals surface area contributed by atoms with E-state index in [0.717, 1.165) is 57.8 Å².